The maximum atomic E-state index is 13.7. The van der Waals surface area contributed by atoms with Gasteiger partial charge in [-0.15, -0.1) is 0 Å². The monoisotopic (exact) mass is 420 g/mol. The molecule has 4 heteroatoms. The minimum Gasteiger partial charge on any atom is -0.340 e. The van der Waals surface area contributed by atoms with Crippen LogP contribution in [0.15, 0.2) is 97.1 Å². The Bertz CT molecular complexity index is 1280. The minimum absolute atomic E-state index is 0.0894. The van der Waals surface area contributed by atoms with Crippen molar-refractivity contribution in [2.75, 3.05) is 4.90 Å². The summed E-state index contributed by atoms with van der Waals surface area (Å²) in [4.78, 5) is 28.5. The number of fused-ring (bicyclic) bond motifs is 3. The highest BCUT2D eigenvalue weighted by Gasteiger charge is 2.37. The molecule has 158 valence electrons. The summed E-state index contributed by atoms with van der Waals surface area (Å²) < 4.78 is 0. The predicted molar refractivity (Wildman–Crippen MR) is 128 cm³/mol. The molecule has 1 unspecified atom stereocenters. The van der Waals surface area contributed by atoms with Crippen LogP contribution in [0.3, 0.4) is 0 Å². The average molecular weight is 421 g/mol. The van der Waals surface area contributed by atoms with E-state index in [4.69, 9.17) is 0 Å². The Labute approximate surface area is 187 Å². The van der Waals surface area contributed by atoms with Crippen LogP contribution in [0.1, 0.15) is 34.5 Å². The summed E-state index contributed by atoms with van der Waals surface area (Å²) in [5, 5.41) is 5.24. The zero-order chi connectivity index (χ0) is 22.1. The van der Waals surface area contributed by atoms with E-state index in [9.17, 15) is 9.59 Å². The maximum absolute atomic E-state index is 13.7. The van der Waals surface area contributed by atoms with E-state index in [1.54, 1.807) is 12.1 Å². The molecule has 0 saturated carbocycles. The van der Waals surface area contributed by atoms with Gasteiger partial charge in [0.1, 0.15) is 6.04 Å². The van der Waals surface area contributed by atoms with Crippen molar-refractivity contribution in [3.8, 4) is 0 Å². The summed E-state index contributed by atoms with van der Waals surface area (Å²) in [6, 6.07) is 30.5. The highest BCUT2D eigenvalue weighted by Crippen LogP contribution is 2.38. The van der Waals surface area contributed by atoms with E-state index in [2.05, 4.69) is 23.5 Å². The molecule has 1 heterocycles. The Morgan fingerprint density at radius 1 is 0.875 bits per heavy atom. The van der Waals surface area contributed by atoms with Gasteiger partial charge in [0.25, 0.3) is 5.91 Å². The third-order valence-electron chi connectivity index (χ3n) is 6.23. The van der Waals surface area contributed by atoms with E-state index in [-0.39, 0.29) is 17.9 Å². The first kappa shape index (κ1) is 20.0. The van der Waals surface area contributed by atoms with E-state index >= 15 is 0 Å². The van der Waals surface area contributed by atoms with Crippen LogP contribution in [0.4, 0.5) is 5.69 Å². The van der Waals surface area contributed by atoms with E-state index in [1.807, 2.05) is 78.6 Å². The van der Waals surface area contributed by atoms with Crippen molar-refractivity contribution in [2.45, 2.75) is 25.4 Å². The highest BCUT2D eigenvalue weighted by molar-refractivity contribution is 6.07. The fourth-order valence-electron chi connectivity index (χ4n) is 4.57. The normalized spacial score (nSPS) is 16.5. The van der Waals surface area contributed by atoms with E-state index in [1.165, 1.54) is 0 Å². The van der Waals surface area contributed by atoms with Gasteiger partial charge in [-0.2, -0.15) is 0 Å². The molecule has 4 aromatic carbocycles. The van der Waals surface area contributed by atoms with Gasteiger partial charge in [-0.25, -0.2) is 0 Å². The molecule has 1 aliphatic rings. The van der Waals surface area contributed by atoms with Crippen LogP contribution < -0.4 is 10.2 Å². The molecule has 32 heavy (non-hydrogen) atoms. The van der Waals surface area contributed by atoms with Crippen LogP contribution in [-0.2, 0) is 11.2 Å². The predicted octanol–water partition coefficient (Wildman–Crippen LogP) is 5.29. The molecule has 5 rings (SSSR count). The quantitative estimate of drug-likeness (QED) is 0.488. The summed E-state index contributed by atoms with van der Waals surface area (Å²) in [5.41, 5.74) is 3.60. The Morgan fingerprint density at radius 2 is 1.53 bits per heavy atom. The second-order valence-electron chi connectivity index (χ2n) is 8.18. The molecule has 1 aliphatic heterocycles. The summed E-state index contributed by atoms with van der Waals surface area (Å²) in [7, 11) is 0. The van der Waals surface area contributed by atoms with Crippen molar-refractivity contribution in [3.05, 3.63) is 114 Å². The van der Waals surface area contributed by atoms with Crippen LogP contribution in [0.25, 0.3) is 10.8 Å². The standard InChI is InChI=1S/C28H24N2O2/c1-19(20-10-4-2-5-11-20)30-26-17-16-21-12-8-9-15-23(21)24(26)18-25(28(30)32)29-27(31)22-13-6-3-7-14-22/h2-17,19,25H,18H2,1H3,(H,29,31)/t19-,25?/m0/s1. The molecule has 0 saturated heterocycles. The lowest BCUT2D eigenvalue weighted by Gasteiger charge is -2.39. The van der Waals surface area contributed by atoms with Gasteiger partial charge < -0.3 is 10.2 Å². The number of hydrogen-bond donors (Lipinski definition) is 1. The first-order valence-electron chi connectivity index (χ1n) is 10.9. The smallest absolute Gasteiger partial charge is 0.251 e. The van der Waals surface area contributed by atoms with Crippen LogP contribution in [0, 0.1) is 0 Å². The van der Waals surface area contributed by atoms with Crippen molar-refractivity contribution in [1.29, 1.82) is 0 Å². The zero-order valence-corrected chi connectivity index (χ0v) is 17.9. The number of anilines is 1. The molecule has 0 fully saturated rings. The lowest BCUT2D eigenvalue weighted by atomic mass is 9.90. The highest BCUT2D eigenvalue weighted by atomic mass is 16.2. The third kappa shape index (κ3) is 3.54. The molecule has 0 aromatic heterocycles. The van der Waals surface area contributed by atoms with Gasteiger partial charge in [0.05, 0.1) is 6.04 Å². The van der Waals surface area contributed by atoms with Crippen molar-refractivity contribution in [3.63, 3.8) is 0 Å². The number of hydrogen-bond acceptors (Lipinski definition) is 2. The fourth-order valence-corrected chi connectivity index (χ4v) is 4.57. The Hall–Kier alpha value is -3.92. The number of nitrogens with zero attached hydrogens (tertiary/aromatic N) is 1. The lowest BCUT2D eigenvalue weighted by molar-refractivity contribution is -0.121. The van der Waals surface area contributed by atoms with E-state index in [0.717, 1.165) is 27.6 Å². The number of nitrogens with one attached hydrogen (secondary N) is 1. The van der Waals surface area contributed by atoms with Crippen molar-refractivity contribution >= 4 is 28.3 Å². The molecule has 0 radical (unpaired) electrons. The van der Waals surface area contributed by atoms with Crippen molar-refractivity contribution < 1.29 is 9.59 Å². The molecule has 0 bridgehead atoms. The van der Waals surface area contributed by atoms with Gasteiger partial charge in [-0.1, -0.05) is 78.9 Å². The number of benzene rings is 4. The molecule has 2 atom stereocenters. The van der Waals surface area contributed by atoms with Gasteiger partial charge in [0.15, 0.2) is 0 Å². The first-order chi connectivity index (χ1) is 15.6. The van der Waals surface area contributed by atoms with Crippen LogP contribution in [0.5, 0.6) is 0 Å². The van der Waals surface area contributed by atoms with Crippen LogP contribution in [0.2, 0.25) is 0 Å². The Balaban J connectivity index is 1.59. The number of amides is 2. The lowest BCUT2D eigenvalue weighted by Crippen LogP contribution is -2.53. The van der Waals surface area contributed by atoms with Crippen LogP contribution >= 0.6 is 0 Å². The van der Waals surface area contributed by atoms with E-state index in [0.29, 0.717) is 12.0 Å². The molecule has 1 N–H and O–H groups in total. The van der Waals surface area contributed by atoms with Crippen LogP contribution in [-0.4, -0.2) is 17.9 Å². The molecule has 4 nitrogen and oxygen atoms in total. The Kier molecular flexibility index (Phi) is 5.20. The summed E-state index contributed by atoms with van der Waals surface area (Å²) in [5.74, 6) is -0.326. The number of rotatable bonds is 4. The third-order valence-corrected chi connectivity index (χ3v) is 6.23. The summed E-state index contributed by atoms with van der Waals surface area (Å²) >= 11 is 0. The number of carbonyl (C=O) groups excluding carboxylic acids is 2. The maximum Gasteiger partial charge on any atom is 0.251 e. The summed E-state index contributed by atoms with van der Waals surface area (Å²) in [6.45, 7) is 2.04. The van der Waals surface area contributed by atoms with Gasteiger partial charge in [-0.3, -0.25) is 9.59 Å². The average Bonchev–Trinajstić information content (AvgIpc) is 2.85. The molecular weight excluding hydrogens is 396 g/mol. The molecule has 4 aromatic rings. The first-order valence-corrected chi connectivity index (χ1v) is 10.9. The second kappa shape index (κ2) is 8.31. The van der Waals surface area contributed by atoms with Gasteiger partial charge in [0.2, 0.25) is 5.91 Å². The fraction of sp³-hybridized carbons (Fsp3) is 0.143. The number of carbonyl (C=O) groups is 2. The zero-order valence-electron chi connectivity index (χ0n) is 17.9. The molecule has 0 spiro atoms. The van der Waals surface area contributed by atoms with Gasteiger partial charge in [-0.05, 0) is 47.0 Å². The van der Waals surface area contributed by atoms with Crippen molar-refractivity contribution in [2.24, 2.45) is 0 Å². The Morgan fingerprint density at radius 3 is 2.28 bits per heavy atom. The topological polar surface area (TPSA) is 49.4 Å². The molecule has 0 aliphatic carbocycles. The van der Waals surface area contributed by atoms with Gasteiger partial charge >= 0.3 is 0 Å². The SMILES string of the molecule is C[C@@H](c1ccccc1)N1C(=O)C(NC(=O)c2ccccc2)Cc2c1ccc1ccccc21. The van der Waals surface area contributed by atoms with Crippen molar-refractivity contribution in [1.82, 2.24) is 5.32 Å². The second-order valence-corrected chi connectivity index (χ2v) is 8.18. The van der Waals surface area contributed by atoms with E-state index < -0.39 is 6.04 Å². The largest absolute Gasteiger partial charge is 0.340 e. The minimum atomic E-state index is -0.632. The summed E-state index contributed by atoms with van der Waals surface area (Å²) in [6.07, 6.45) is 0.464. The molecule has 2 amide bonds. The van der Waals surface area contributed by atoms with Gasteiger partial charge in [0, 0.05) is 17.7 Å². The molecular formula is C28H24N2O2.